The largest absolute Gasteiger partial charge is 0.337 e. The zero-order chi connectivity index (χ0) is 14.5. The molecule has 19 heavy (non-hydrogen) atoms. The Morgan fingerprint density at radius 1 is 1.37 bits per heavy atom. The summed E-state index contributed by atoms with van der Waals surface area (Å²) < 4.78 is -0.547. The number of benzene rings is 1. The van der Waals surface area contributed by atoms with Crippen LogP contribution in [-0.2, 0) is 11.3 Å². The van der Waals surface area contributed by atoms with Crippen molar-refractivity contribution in [3.05, 3.63) is 35.4 Å². The second kappa shape index (κ2) is 6.72. The van der Waals surface area contributed by atoms with Gasteiger partial charge in [0.05, 0.1) is 16.0 Å². The first kappa shape index (κ1) is 15.7. The molecule has 1 amide bonds. The smallest absolute Gasteiger partial charge is 0.239 e. The van der Waals surface area contributed by atoms with Crippen LogP contribution in [0.3, 0.4) is 0 Å². The Hall–Kier alpha value is -1.34. The van der Waals surface area contributed by atoms with Crippen LogP contribution in [-0.4, -0.2) is 21.7 Å². The molecule has 0 aromatic heterocycles. The van der Waals surface area contributed by atoms with Crippen LogP contribution in [0.2, 0.25) is 0 Å². The van der Waals surface area contributed by atoms with Gasteiger partial charge in [-0.05, 0) is 38.0 Å². The number of nitriles is 1. The highest BCUT2D eigenvalue weighted by Crippen LogP contribution is 2.21. The van der Waals surface area contributed by atoms with Crippen LogP contribution in [0.4, 0.5) is 0 Å². The van der Waals surface area contributed by atoms with Crippen molar-refractivity contribution in [1.82, 2.24) is 4.90 Å². The molecule has 0 saturated heterocycles. The van der Waals surface area contributed by atoms with Crippen LogP contribution in [0, 0.1) is 11.3 Å². The molecule has 0 aliphatic carbocycles. The summed E-state index contributed by atoms with van der Waals surface area (Å²) in [5, 5.41) is 8.77. The maximum Gasteiger partial charge on any atom is 0.239 e. The first-order valence-corrected chi connectivity index (χ1v) is 7.15. The van der Waals surface area contributed by atoms with E-state index in [2.05, 4.69) is 28.9 Å². The van der Waals surface area contributed by atoms with Gasteiger partial charge >= 0.3 is 0 Å². The highest BCUT2D eigenvalue weighted by molar-refractivity contribution is 9.10. The number of amides is 1. The summed E-state index contributed by atoms with van der Waals surface area (Å²) in [7, 11) is 0. The van der Waals surface area contributed by atoms with Crippen LogP contribution in [0.15, 0.2) is 24.3 Å². The number of carbonyl (C=O) groups excluding carboxylic acids is 1. The highest BCUT2D eigenvalue weighted by Gasteiger charge is 2.28. The fraction of sp³-hybridized carbons (Fsp3) is 0.467. The van der Waals surface area contributed by atoms with Gasteiger partial charge in [-0.15, -0.1) is 0 Å². The maximum atomic E-state index is 12.3. The van der Waals surface area contributed by atoms with E-state index in [0.29, 0.717) is 12.1 Å². The van der Waals surface area contributed by atoms with Crippen LogP contribution >= 0.6 is 15.9 Å². The van der Waals surface area contributed by atoms with Crippen LogP contribution < -0.4 is 0 Å². The minimum atomic E-state index is -0.547. The summed E-state index contributed by atoms with van der Waals surface area (Å²) in [6.45, 7) is 7.08. The second-order valence-corrected chi connectivity index (χ2v) is 6.99. The van der Waals surface area contributed by atoms with E-state index < -0.39 is 4.32 Å². The Balaban J connectivity index is 2.83. The van der Waals surface area contributed by atoms with Gasteiger partial charge in [0, 0.05) is 13.1 Å². The van der Waals surface area contributed by atoms with E-state index in [4.69, 9.17) is 5.26 Å². The molecule has 0 atom stereocenters. The van der Waals surface area contributed by atoms with Crippen molar-refractivity contribution in [1.29, 1.82) is 5.26 Å². The molecule has 0 bridgehead atoms. The van der Waals surface area contributed by atoms with E-state index in [0.717, 1.165) is 18.5 Å². The van der Waals surface area contributed by atoms with E-state index in [1.165, 1.54) is 0 Å². The van der Waals surface area contributed by atoms with E-state index in [1.807, 2.05) is 30.9 Å². The number of halogens is 1. The zero-order valence-corrected chi connectivity index (χ0v) is 13.2. The van der Waals surface area contributed by atoms with Crippen LogP contribution in [0.25, 0.3) is 0 Å². The Labute approximate surface area is 123 Å². The van der Waals surface area contributed by atoms with E-state index in [-0.39, 0.29) is 5.91 Å². The quantitative estimate of drug-likeness (QED) is 0.779. The first-order valence-electron chi connectivity index (χ1n) is 6.35. The first-order chi connectivity index (χ1) is 8.88. The molecule has 0 heterocycles. The summed E-state index contributed by atoms with van der Waals surface area (Å²) in [5.74, 6) is 0.0821. The van der Waals surface area contributed by atoms with Crippen molar-refractivity contribution < 1.29 is 4.79 Å². The topological polar surface area (TPSA) is 44.1 Å². The summed E-state index contributed by atoms with van der Waals surface area (Å²) in [6, 6.07) is 9.45. The number of hydrogen-bond donors (Lipinski definition) is 0. The molecule has 1 aromatic carbocycles. The van der Waals surface area contributed by atoms with E-state index >= 15 is 0 Å². The molecular weight excluding hydrogens is 304 g/mol. The van der Waals surface area contributed by atoms with Gasteiger partial charge in [0.25, 0.3) is 0 Å². The minimum absolute atomic E-state index is 0.0821. The molecule has 102 valence electrons. The lowest BCUT2D eigenvalue weighted by molar-refractivity contribution is -0.133. The van der Waals surface area contributed by atoms with Crippen molar-refractivity contribution in [3.8, 4) is 6.07 Å². The summed E-state index contributed by atoms with van der Waals surface area (Å²) in [5.41, 5.74) is 1.68. The van der Waals surface area contributed by atoms with Gasteiger partial charge in [-0.2, -0.15) is 5.26 Å². The predicted octanol–water partition coefficient (Wildman–Crippen LogP) is 3.47. The number of nitrogens with zero attached hydrogens (tertiary/aromatic N) is 2. The van der Waals surface area contributed by atoms with Crippen molar-refractivity contribution in [3.63, 3.8) is 0 Å². The highest BCUT2D eigenvalue weighted by atomic mass is 79.9. The fourth-order valence-electron chi connectivity index (χ4n) is 1.80. The Bertz CT molecular complexity index is 468. The predicted molar refractivity (Wildman–Crippen MR) is 79.9 cm³/mol. The molecule has 1 rings (SSSR count). The van der Waals surface area contributed by atoms with Gasteiger partial charge in [0.1, 0.15) is 0 Å². The van der Waals surface area contributed by atoms with E-state index in [1.54, 1.807) is 12.1 Å². The Kier molecular flexibility index (Phi) is 5.56. The second-order valence-electron chi connectivity index (χ2n) is 5.01. The Morgan fingerprint density at radius 3 is 2.37 bits per heavy atom. The third-order valence-electron chi connectivity index (χ3n) is 2.75. The zero-order valence-electron chi connectivity index (χ0n) is 11.6. The van der Waals surface area contributed by atoms with Gasteiger partial charge in [-0.1, -0.05) is 35.0 Å². The fourth-order valence-corrected chi connectivity index (χ4v) is 2.05. The maximum absolute atomic E-state index is 12.3. The molecule has 4 heteroatoms. The standard InChI is InChI=1S/C15H19BrN2O/c1-4-9-18(14(19)15(2,3)16)11-13-7-5-12(10-17)6-8-13/h5-8H,4,9,11H2,1-3H3. The average Bonchev–Trinajstić information content (AvgIpc) is 2.37. The van der Waals surface area contributed by atoms with Crippen LogP contribution in [0.5, 0.6) is 0 Å². The van der Waals surface area contributed by atoms with Crippen molar-refractivity contribution in [2.24, 2.45) is 0 Å². The lowest BCUT2D eigenvalue weighted by Gasteiger charge is -2.28. The molecule has 0 aliphatic rings. The van der Waals surface area contributed by atoms with Crippen molar-refractivity contribution in [2.45, 2.75) is 38.1 Å². The summed E-state index contributed by atoms with van der Waals surface area (Å²) >= 11 is 3.42. The monoisotopic (exact) mass is 322 g/mol. The third-order valence-corrected chi connectivity index (χ3v) is 3.08. The van der Waals surface area contributed by atoms with Gasteiger partial charge in [0.15, 0.2) is 0 Å². The summed E-state index contributed by atoms with van der Waals surface area (Å²) in [6.07, 6.45) is 0.922. The molecule has 0 unspecified atom stereocenters. The van der Waals surface area contributed by atoms with Crippen molar-refractivity contribution >= 4 is 21.8 Å². The van der Waals surface area contributed by atoms with Crippen molar-refractivity contribution in [2.75, 3.05) is 6.54 Å². The van der Waals surface area contributed by atoms with E-state index in [9.17, 15) is 4.79 Å². The van der Waals surface area contributed by atoms with Gasteiger partial charge in [-0.3, -0.25) is 4.79 Å². The van der Waals surface area contributed by atoms with Gasteiger partial charge in [-0.25, -0.2) is 0 Å². The number of alkyl halides is 1. The molecule has 0 fully saturated rings. The lowest BCUT2D eigenvalue weighted by Crippen LogP contribution is -2.41. The molecule has 1 aromatic rings. The van der Waals surface area contributed by atoms with Gasteiger partial charge < -0.3 is 4.90 Å². The molecule has 0 saturated carbocycles. The average molecular weight is 323 g/mol. The van der Waals surface area contributed by atoms with Crippen LogP contribution in [0.1, 0.15) is 38.3 Å². The molecule has 3 nitrogen and oxygen atoms in total. The molecule has 0 spiro atoms. The number of carbonyl (C=O) groups is 1. The lowest BCUT2D eigenvalue weighted by atomic mass is 10.1. The van der Waals surface area contributed by atoms with Gasteiger partial charge in [0.2, 0.25) is 5.91 Å². The molecule has 0 aliphatic heterocycles. The number of rotatable bonds is 5. The molecular formula is C15H19BrN2O. The normalized spacial score (nSPS) is 10.9. The molecule has 0 N–H and O–H groups in total. The molecule has 0 radical (unpaired) electrons. The summed E-state index contributed by atoms with van der Waals surface area (Å²) in [4.78, 5) is 14.2. The SMILES string of the molecule is CCCN(Cc1ccc(C#N)cc1)C(=O)C(C)(C)Br. The Morgan fingerprint density at radius 2 is 1.95 bits per heavy atom. The number of hydrogen-bond acceptors (Lipinski definition) is 2. The third kappa shape index (κ3) is 4.68. The minimum Gasteiger partial charge on any atom is -0.337 e.